The number of anilines is 1. The summed E-state index contributed by atoms with van der Waals surface area (Å²) in [6.45, 7) is 2.13. The minimum absolute atomic E-state index is 0.0450. The number of amides is 1. The molecular weight excluding hydrogens is 254 g/mol. The van der Waals surface area contributed by atoms with Crippen molar-refractivity contribution in [1.29, 1.82) is 0 Å². The maximum absolute atomic E-state index is 11.9. The van der Waals surface area contributed by atoms with Gasteiger partial charge in [-0.2, -0.15) is 0 Å². The molecule has 3 rings (SSSR count). The smallest absolute Gasteiger partial charge is 0.258 e. The van der Waals surface area contributed by atoms with Gasteiger partial charge in [-0.3, -0.25) is 9.69 Å². The molecule has 20 heavy (non-hydrogen) atoms. The van der Waals surface area contributed by atoms with Gasteiger partial charge in [-0.1, -0.05) is 6.07 Å². The molecule has 3 N–H and O–H groups in total. The van der Waals surface area contributed by atoms with E-state index in [0.717, 1.165) is 25.6 Å². The first-order valence-electron chi connectivity index (χ1n) is 7.22. The van der Waals surface area contributed by atoms with E-state index in [1.165, 1.54) is 12.8 Å². The van der Waals surface area contributed by atoms with Crippen LogP contribution >= 0.6 is 0 Å². The van der Waals surface area contributed by atoms with Crippen molar-refractivity contribution < 1.29 is 9.53 Å². The number of carbonyl (C=O) groups excluding carboxylic acids is 1. The molecule has 2 fully saturated rings. The fourth-order valence-electron chi connectivity index (χ4n) is 2.70. The van der Waals surface area contributed by atoms with E-state index in [0.29, 0.717) is 11.4 Å². The third-order valence-corrected chi connectivity index (χ3v) is 3.88. The summed E-state index contributed by atoms with van der Waals surface area (Å²) in [5, 5.41) is 3.04. The van der Waals surface area contributed by atoms with Crippen molar-refractivity contribution in [3.63, 3.8) is 0 Å². The van der Waals surface area contributed by atoms with E-state index < -0.39 is 0 Å². The van der Waals surface area contributed by atoms with Gasteiger partial charge >= 0.3 is 0 Å². The molecule has 108 valence electrons. The third-order valence-electron chi connectivity index (χ3n) is 3.88. The van der Waals surface area contributed by atoms with Crippen LogP contribution in [0.4, 0.5) is 5.69 Å². The van der Waals surface area contributed by atoms with Crippen molar-refractivity contribution in [2.75, 3.05) is 25.4 Å². The van der Waals surface area contributed by atoms with Gasteiger partial charge in [0.1, 0.15) is 5.75 Å². The van der Waals surface area contributed by atoms with Crippen molar-refractivity contribution >= 4 is 11.6 Å². The Morgan fingerprint density at radius 1 is 1.40 bits per heavy atom. The zero-order chi connectivity index (χ0) is 13.9. The fraction of sp³-hybridized carbons (Fsp3) is 0.533. The number of likely N-dealkylation sites (tertiary alicyclic amines) is 1. The fourth-order valence-corrected chi connectivity index (χ4v) is 2.70. The monoisotopic (exact) mass is 275 g/mol. The van der Waals surface area contributed by atoms with Crippen LogP contribution in [0.1, 0.15) is 19.3 Å². The van der Waals surface area contributed by atoms with Gasteiger partial charge in [0.05, 0.1) is 0 Å². The van der Waals surface area contributed by atoms with Gasteiger partial charge in [0.2, 0.25) is 0 Å². The summed E-state index contributed by atoms with van der Waals surface area (Å²) < 4.78 is 5.44. The van der Waals surface area contributed by atoms with Gasteiger partial charge in [0.25, 0.3) is 5.91 Å². The number of hydrogen-bond acceptors (Lipinski definition) is 4. The van der Waals surface area contributed by atoms with Gasteiger partial charge in [-0.15, -0.1) is 0 Å². The average Bonchev–Trinajstić information content (AvgIpc) is 3.18. The predicted octanol–water partition coefficient (Wildman–Crippen LogP) is 1.00. The lowest BCUT2D eigenvalue weighted by molar-refractivity contribution is -0.123. The first-order chi connectivity index (χ1) is 9.70. The molecule has 1 heterocycles. The molecule has 0 spiro atoms. The molecule has 1 saturated heterocycles. The molecule has 2 aliphatic rings. The first-order valence-corrected chi connectivity index (χ1v) is 7.22. The molecule has 1 amide bonds. The number of nitrogen functional groups attached to an aromatic ring is 1. The van der Waals surface area contributed by atoms with E-state index in [4.69, 9.17) is 10.5 Å². The third kappa shape index (κ3) is 3.42. The lowest BCUT2D eigenvalue weighted by Gasteiger charge is -2.16. The number of carbonyl (C=O) groups is 1. The average molecular weight is 275 g/mol. The van der Waals surface area contributed by atoms with Gasteiger partial charge in [-0.05, 0) is 31.4 Å². The standard InChI is InChI=1S/C15H21N3O2/c16-11-2-1-3-14(8-11)20-10-15(19)17-12-6-7-18(9-12)13-4-5-13/h1-3,8,12-13H,4-7,9-10,16H2,(H,17,19). The van der Waals surface area contributed by atoms with Gasteiger partial charge in [0, 0.05) is 36.9 Å². The van der Waals surface area contributed by atoms with E-state index in [1.54, 1.807) is 18.2 Å². The largest absolute Gasteiger partial charge is 0.484 e. The molecular formula is C15H21N3O2. The Bertz CT molecular complexity index is 488. The number of nitrogens with one attached hydrogen (secondary N) is 1. The second kappa shape index (κ2) is 5.71. The summed E-state index contributed by atoms with van der Waals surface area (Å²) in [7, 11) is 0. The van der Waals surface area contributed by atoms with Crippen LogP contribution < -0.4 is 15.8 Å². The first kappa shape index (κ1) is 13.2. The molecule has 1 unspecified atom stereocenters. The highest BCUT2D eigenvalue weighted by Gasteiger charge is 2.34. The number of benzene rings is 1. The summed E-state index contributed by atoms with van der Waals surface area (Å²) in [6, 6.07) is 8.17. The molecule has 5 heteroatoms. The van der Waals surface area contributed by atoms with E-state index in [9.17, 15) is 4.79 Å². The molecule has 0 radical (unpaired) electrons. The highest BCUT2D eigenvalue weighted by Crippen LogP contribution is 2.29. The predicted molar refractivity (Wildman–Crippen MR) is 77.5 cm³/mol. The Labute approximate surface area is 119 Å². The minimum Gasteiger partial charge on any atom is -0.484 e. The summed E-state index contributed by atoms with van der Waals surface area (Å²) in [5.41, 5.74) is 6.30. The maximum atomic E-state index is 11.9. The van der Waals surface area contributed by atoms with E-state index in [-0.39, 0.29) is 18.6 Å². The minimum atomic E-state index is -0.0601. The quantitative estimate of drug-likeness (QED) is 0.787. The summed E-state index contributed by atoms with van der Waals surface area (Å²) in [6.07, 6.45) is 3.68. The highest BCUT2D eigenvalue weighted by molar-refractivity contribution is 5.78. The zero-order valence-electron chi connectivity index (χ0n) is 11.5. The topological polar surface area (TPSA) is 67.6 Å². The normalized spacial score (nSPS) is 22.7. The Balaban J connectivity index is 1.41. The van der Waals surface area contributed by atoms with Crippen molar-refractivity contribution in [1.82, 2.24) is 10.2 Å². The van der Waals surface area contributed by atoms with Crippen molar-refractivity contribution in [2.24, 2.45) is 0 Å². The lowest BCUT2D eigenvalue weighted by atomic mass is 10.2. The Kier molecular flexibility index (Phi) is 3.78. The van der Waals surface area contributed by atoms with Crippen LogP contribution in [0.3, 0.4) is 0 Å². The van der Waals surface area contributed by atoms with Crippen LogP contribution in [0.25, 0.3) is 0 Å². The van der Waals surface area contributed by atoms with Crippen LogP contribution in [0, 0.1) is 0 Å². The number of hydrogen-bond donors (Lipinski definition) is 2. The van der Waals surface area contributed by atoms with Crippen LogP contribution in [-0.4, -0.2) is 42.6 Å². The number of nitrogens with two attached hydrogens (primary N) is 1. The van der Waals surface area contributed by atoms with E-state index in [1.807, 2.05) is 6.07 Å². The van der Waals surface area contributed by atoms with Crippen LogP contribution in [0.5, 0.6) is 5.75 Å². The zero-order valence-corrected chi connectivity index (χ0v) is 11.5. The highest BCUT2D eigenvalue weighted by atomic mass is 16.5. The molecule has 0 aromatic heterocycles. The maximum Gasteiger partial charge on any atom is 0.258 e. The SMILES string of the molecule is Nc1cccc(OCC(=O)NC2CCN(C3CC3)C2)c1. The van der Waals surface area contributed by atoms with Crippen LogP contribution in [0.2, 0.25) is 0 Å². The second-order valence-electron chi connectivity index (χ2n) is 5.64. The van der Waals surface area contributed by atoms with Crippen molar-refractivity contribution in [3.8, 4) is 5.75 Å². The molecule has 1 saturated carbocycles. The summed E-state index contributed by atoms with van der Waals surface area (Å²) in [4.78, 5) is 14.3. The second-order valence-corrected chi connectivity index (χ2v) is 5.64. The number of ether oxygens (including phenoxy) is 1. The Hall–Kier alpha value is -1.75. The molecule has 5 nitrogen and oxygen atoms in total. The number of rotatable bonds is 5. The summed E-state index contributed by atoms with van der Waals surface area (Å²) in [5.74, 6) is 0.571. The van der Waals surface area contributed by atoms with Gasteiger partial charge in [0.15, 0.2) is 6.61 Å². The molecule has 1 aliphatic heterocycles. The molecule has 1 aliphatic carbocycles. The molecule has 1 atom stereocenters. The Morgan fingerprint density at radius 3 is 3.00 bits per heavy atom. The summed E-state index contributed by atoms with van der Waals surface area (Å²) >= 11 is 0. The number of nitrogens with zero attached hydrogens (tertiary/aromatic N) is 1. The molecule has 1 aromatic rings. The molecule has 0 bridgehead atoms. The lowest BCUT2D eigenvalue weighted by Crippen LogP contribution is -2.39. The van der Waals surface area contributed by atoms with Gasteiger partial charge in [-0.25, -0.2) is 0 Å². The van der Waals surface area contributed by atoms with Crippen molar-refractivity contribution in [2.45, 2.75) is 31.3 Å². The van der Waals surface area contributed by atoms with Crippen molar-refractivity contribution in [3.05, 3.63) is 24.3 Å². The Morgan fingerprint density at radius 2 is 2.25 bits per heavy atom. The van der Waals surface area contributed by atoms with E-state index in [2.05, 4.69) is 10.2 Å². The van der Waals surface area contributed by atoms with Crippen LogP contribution in [-0.2, 0) is 4.79 Å². The van der Waals surface area contributed by atoms with Gasteiger partial charge < -0.3 is 15.8 Å². The van der Waals surface area contributed by atoms with E-state index >= 15 is 0 Å². The molecule has 1 aromatic carbocycles. The van der Waals surface area contributed by atoms with Crippen LogP contribution in [0.15, 0.2) is 24.3 Å².